The molecule has 16 heavy (non-hydrogen) atoms. The molecule has 2 aromatic rings. The predicted octanol–water partition coefficient (Wildman–Crippen LogP) is 2.05. The van der Waals surface area contributed by atoms with Crippen molar-refractivity contribution in [1.82, 2.24) is 0 Å². The molecule has 0 bridgehead atoms. The first-order valence-electron chi connectivity index (χ1n) is 4.40. The van der Waals surface area contributed by atoms with Gasteiger partial charge in [0.25, 0.3) is 12.3 Å². The van der Waals surface area contributed by atoms with Crippen LogP contribution in [-0.2, 0) is 0 Å². The number of carbonyl (C=O) groups excluding carboxylic acids is 1. The van der Waals surface area contributed by atoms with E-state index < -0.39 is 12.3 Å². The average Bonchev–Trinajstić information content (AvgIpc) is 2.55. The van der Waals surface area contributed by atoms with Crippen LogP contribution in [0, 0.1) is 0 Å². The van der Waals surface area contributed by atoms with Gasteiger partial charge in [-0.25, -0.2) is 8.78 Å². The van der Waals surface area contributed by atoms with Gasteiger partial charge in [-0.1, -0.05) is 6.07 Å². The van der Waals surface area contributed by atoms with E-state index in [1.165, 1.54) is 12.1 Å². The van der Waals surface area contributed by atoms with E-state index >= 15 is 0 Å². The molecule has 1 amide bonds. The molecule has 0 aliphatic rings. The first-order chi connectivity index (χ1) is 7.50. The van der Waals surface area contributed by atoms with Crippen molar-refractivity contribution in [3.63, 3.8) is 0 Å². The van der Waals surface area contributed by atoms with Crippen LogP contribution in [0.4, 0.5) is 14.5 Å². The van der Waals surface area contributed by atoms with Gasteiger partial charge in [0.2, 0.25) is 5.76 Å². The normalized spacial score (nSPS) is 11.2. The van der Waals surface area contributed by atoms with Crippen molar-refractivity contribution < 1.29 is 18.0 Å². The largest absolute Gasteiger partial charge is 0.449 e. The lowest BCUT2D eigenvalue weighted by molar-refractivity contribution is 0.0977. The molecular formula is C10H8F2N2O2. The number of alkyl halides is 2. The second-order valence-corrected chi connectivity index (χ2v) is 3.27. The molecule has 0 saturated heterocycles. The molecule has 0 radical (unpaired) electrons. The molecule has 0 spiro atoms. The van der Waals surface area contributed by atoms with Crippen LogP contribution in [0.1, 0.15) is 22.5 Å². The highest BCUT2D eigenvalue weighted by Crippen LogP contribution is 2.31. The molecule has 1 heterocycles. The highest BCUT2D eigenvalue weighted by molar-refractivity contribution is 6.04. The van der Waals surface area contributed by atoms with Crippen molar-refractivity contribution in [2.45, 2.75) is 6.43 Å². The minimum atomic E-state index is -2.60. The lowest BCUT2D eigenvalue weighted by Crippen LogP contribution is -2.11. The lowest BCUT2D eigenvalue weighted by atomic mass is 10.1. The smallest absolute Gasteiger partial charge is 0.286 e. The van der Waals surface area contributed by atoms with E-state index in [-0.39, 0.29) is 22.6 Å². The maximum atomic E-state index is 12.4. The standard InChI is InChI=1S/C10H8F2N2O2/c11-9(12)4-1-2-5-6(3-4)16-8(7(5)13)10(14)15/h1-3,9H,13H2,(H2,14,15). The number of carbonyl (C=O) groups is 1. The van der Waals surface area contributed by atoms with Crippen molar-refractivity contribution in [2.75, 3.05) is 5.73 Å². The number of fused-ring (bicyclic) bond motifs is 1. The van der Waals surface area contributed by atoms with Gasteiger partial charge >= 0.3 is 0 Å². The number of anilines is 1. The minimum Gasteiger partial charge on any atom is -0.449 e. The van der Waals surface area contributed by atoms with Crippen molar-refractivity contribution in [2.24, 2.45) is 5.73 Å². The monoisotopic (exact) mass is 226 g/mol. The molecule has 2 rings (SSSR count). The molecule has 4 nitrogen and oxygen atoms in total. The molecule has 0 aliphatic heterocycles. The molecule has 0 unspecified atom stereocenters. The van der Waals surface area contributed by atoms with Gasteiger partial charge in [0, 0.05) is 10.9 Å². The van der Waals surface area contributed by atoms with Crippen LogP contribution in [0.15, 0.2) is 22.6 Å². The van der Waals surface area contributed by atoms with Crippen LogP contribution >= 0.6 is 0 Å². The fraction of sp³-hybridized carbons (Fsp3) is 0.100. The van der Waals surface area contributed by atoms with Gasteiger partial charge in [0.1, 0.15) is 5.58 Å². The zero-order valence-corrected chi connectivity index (χ0v) is 8.04. The Hall–Kier alpha value is -2.11. The Morgan fingerprint density at radius 2 is 2.06 bits per heavy atom. The Kier molecular flexibility index (Phi) is 2.26. The molecule has 0 aliphatic carbocycles. The summed E-state index contributed by atoms with van der Waals surface area (Å²) in [6.45, 7) is 0. The summed E-state index contributed by atoms with van der Waals surface area (Å²) in [5, 5.41) is 0.401. The Bertz CT molecular complexity index is 563. The Morgan fingerprint density at radius 3 is 2.62 bits per heavy atom. The number of amides is 1. The number of hydrogen-bond donors (Lipinski definition) is 2. The van der Waals surface area contributed by atoms with Gasteiger partial charge in [0.05, 0.1) is 5.69 Å². The first kappa shape index (κ1) is 10.4. The minimum absolute atomic E-state index is 0.0725. The summed E-state index contributed by atoms with van der Waals surface area (Å²) in [6.07, 6.45) is -2.60. The quantitative estimate of drug-likeness (QED) is 0.822. The van der Waals surface area contributed by atoms with Gasteiger partial charge in [-0.3, -0.25) is 4.79 Å². The van der Waals surface area contributed by atoms with Crippen LogP contribution < -0.4 is 11.5 Å². The van der Waals surface area contributed by atoms with E-state index in [1.807, 2.05) is 0 Å². The summed E-state index contributed by atoms with van der Waals surface area (Å²) in [6, 6.07) is 3.74. The number of nitrogens with two attached hydrogens (primary N) is 2. The molecule has 6 heteroatoms. The zero-order valence-electron chi connectivity index (χ0n) is 8.04. The van der Waals surface area contributed by atoms with E-state index in [0.29, 0.717) is 5.39 Å². The molecule has 1 aromatic heterocycles. The summed E-state index contributed by atoms with van der Waals surface area (Å²) in [5.74, 6) is -1.03. The van der Waals surface area contributed by atoms with Crippen molar-refractivity contribution in [1.29, 1.82) is 0 Å². The first-order valence-corrected chi connectivity index (χ1v) is 4.40. The number of benzene rings is 1. The number of halogens is 2. The molecule has 4 N–H and O–H groups in total. The van der Waals surface area contributed by atoms with Crippen molar-refractivity contribution in [3.8, 4) is 0 Å². The van der Waals surface area contributed by atoms with Crippen LogP contribution in [0.5, 0.6) is 0 Å². The third-order valence-corrected chi connectivity index (χ3v) is 2.23. The molecule has 0 saturated carbocycles. The summed E-state index contributed by atoms with van der Waals surface area (Å²) in [4.78, 5) is 10.9. The van der Waals surface area contributed by atoms with Crippen molar-refractivity contribution in [3.05, 3.63) is 29.5 Å². The number of hydrogen-bond acceptors (Lipinski definition) is 3. The predicted molar refractivity (Wildman–Crippen MR) is 54.1 cm³/mol. The Labute approximate surface area is 88.8 Å². The Morgan fingerprint density at radius 1 is 1.38 bits per heavy atom. The number of primary amides is 1. The van der Waals surface area contributed by atoms with Crippen molar-refractivity contribution >= 4 is 22.6 Å². The SMILES string of the molecule is NC(=O)c1oc2cc(C(F)F)ccc2c1N. The van der Waals surface area contributed by atoms with Gasteiger partial charge in [-0.15, -0.1) is 0 Å². The van der Waals surface area contributed by atoms with Crippen LogP contribution in [-0.4, -0.2) is 5.91 Å². The van der Waals surface area contributed by atoms with E-state index in [9.17, 15) is 13.6 Å². The molecule has 0 atom stereocenters. The van der Waals surface area contributed by atoms with Crippen LogP contribution in [0.2, 0.25) is 0 Å². The summed E-state index contributed by atoms with van der Waals surface area (Å²) in [7, 11) is 0. The average molecular weight is 226 g/mol. The summed E-state index contributed by atoms with van der Waals surface area (Å²) in [5.41, 5.74) is 10.6. The van der Waals surface area contributed by atoms with Gasteiger partial charge < -0.3 is 15.9 Å². The molecular weight excluding hydrogens is 218 g/mol. The maximum Gasteiger partial charge on any atom is 0.286 e. The van der Waals surface area contributed by atoms with E-state index in [0.717, 1.165) is 6.07 Å². The maximum absolute atomic E-state index is 12.4. The lowest BCUT2D eigenvalue weighted by Gasteiger charge is -1.97. The third-order valence-electron chi connectivity index (χ3n) is 2.23. The molecule has 0 fully saturated rings. The second-order valence-electron chi connectivity index (χ2n) is 3.27. The number of nitrogen functional groups attached to an aromatic ring is 1. The summed E-state index contributed by atoms with van der Waals surface area (Å²) < 4.78 is 29.8. The number of furan rings is 1. The van der Waals surface area contributed by atoms with E-state index in [1.54, 1.807) is 0 Å². The highest BCUT2D eigenvalue weighted by atomic mass is 19.3. The molecule has 1 aromatic carbocycles. The van der Waals surface area contributed by atoms with Crippen LogP contribution in [0.3, 0.4) is 0 Å². The second kappa shape index (κ2) is 3.48. The van der Waals surface area contributed by atoms with Gasteiger partial charge in [-0.2, -0.15) is 0 Å². The fourth-order valence-electron chi connectivity index (χ4n) is 1.45. The highest BCUT2D eigenvalue weighted by Gasteiger charge is 2.17. The van der Waals surface area contributed by atoms with Crippen LogP contribution in [0.25, 0.3) is 11.0 Å². The van der Waals surface area contributed by atoms with Gasteiger partial charge in [0.15, 0.2) is 0 Å². The van der Waals surface area contributed by atoms with Gasteiger partial charge in [-0.05, 0) is 12.1 Å². The summed E-state index contributed by atoms with van der Waals surface area (Å²) >= 11 is 0. The third kappa shape index (κ3) is 1.48. The zero-order chi connectivity index (χ0) is 11.9. The topological polar surface area (TPSA) is 82.2 Å². The van der Waals surface area contributed by atoms with E-state index in [4.69, 9.17) is 15.9 Å². The molecule has 84 valence electrons. The van der Waals surface area contributed by atoms with E-state index in [2.05, 4.69) is 0 Å². The Balaban J connectivity index is 2.67. The number of rotatable bonds is 2. The fourth-order valence-corrected chi connectivity index (χ4v) is 1.45.